The summed E-state index contributed by atoms with van der Waals surface area (Å²) < 4.78 is 1.79. The lowest BCUT2D eigenvalue weighted by Crippen LogP contribution is -2.30. The normalized spacial score (nSPS) is 14.2. The van der Waals surface area contributed by atoms with Gasteiger partial charge in [-0.2, -0.15) is 0 Å². The van der Waals surface area contributed by atoms with Crippen molar-refractivity contribution in [2.75, 3.05) is 12.3 Å². The number of para-hydroxylation sites is 1. The van der Waals surface area contributed by atoms with E-state index in [4.69, 9.17) is 4.98 Å². The second-order valence-electron chi connectivity index (χ2n) is 7.43. The summed E-state index contributed by atoms with van der Waals surface area (Å²) in [5.74, 6) is 0.876. The van der Waals surface area contributed by atoms with Gasteiger partial charge in [-0.15, -0.1) is 11.3 Å². The Balaban J connectivity index is 1.57. The summed E-state index contributed by atoms with van der Waals surface area (Å²) in [6, 6.07) is 20.5. The summed E-state index contributed by atoms with van der Waals surface area (Å²) in [5, 5.41) is 1.60. The predicted octanol–water partition coefficient (Wildman–Crippen LogP) is 5.12. The maximum Gasteiger partial charge on any atom is 0.267 e. The van der Waals surface area contributed by atoms with Crippen molar-refractivity contribution < 1.29 is 0 Å². The number of thiophene rings is 1. The van der Waals surface area contributed by atoms with Crippen LogP contribution < -0.4 is 5.56 Å². The topological polar surface area (TPSA) is 38.1 Å². The molecule has 2 aromatic carbocycles. The number of hydrogen-bond acceptors (Lipinski definition) is 5. The SMILES string of the molecule is CCSc1nc2sc3c(c2c(=O)n1-c1ccccc1)CCN(Cc1ccccc1)C3. The zero-order valence-electron chi connectivity index (χ0n) is 16.9. The van der Waals surface area contributed by atoms with Crippen molar-refractivity contribution >= 4 is 33.3 Å². The summed E-state index contributed by atoms with van der Waals surface area (Å²) in [6.07, 6.45) is 0.897. The first-order valence-electron chi connectivity index (χ1n) is 10.3. The molecule has 1 aliphatic heterocycles. The van der Waals surface area contributed by atoms with E-state index in [-0.39, 0.29) is 5.56 Å². The first-order valence-corrected chi connectivity index (χ1v) is 12.1. The highest BCUT2D eigenvalue weighted by molar-refractivity contribution is 7.99. The summed E-state index contributed by atoms with van der Waals surface area (Å²) in [7, 11) is 0. The number of aromatic nitrogens is 2. The molecular weight excluding hydrogens is 410 g/mol. The quantitative estimate of drug-likeness (QED) is 0.324. The summed E-state index contributed by atoms with van der Waals surface area (Å²) in [4.78, 5) is 23.2. The summed E-state index contributed by atoms with van der Waals surface area (Å²) in [5.41, 5.74) is 3.48. The Morgan fingerprint density at radius 1 is 1.07 bits per heavy atom. The van der Waals surface area contributed by atoms with Gasteiger partial charge in [-0.1, -0.05) is 67.2 Å². The molecule has 1 aliphatic rings. The van der Waals surface area contributed by atoms with Crippen LogP contribution in [-0.2, 0) is 19.5 Å². The first kappa shape index (κ1) is 19.5. The molecule has 6 heteroatoms. The highest BCUT2D eigenvalue weighted by atomic mass is 32.2. The fourth-order valence-electron chi connectivity index (χ4n) is 4.08. The molecule has 0 aliphatic carbocycles. The van der Waals surface area contributed by atoms with Crippen LogP contribution in [0.25, 0.3) is 15.9 Å². The molecule has 0 saturated carbocycles. The Kier molecular flexibility index (Phi) is 5.46. The third-order valence-electron chi connectivity index (χ3n) is 5.46. The Labute approximate surface area is 184 Å². The van der Waals surface area contributed by atoms with Gasteiger partial charge < -0.3 is 0 Å². The van der Waals surface area contributed by atoms with Crippen LogP contribution in [0.4, 0.5) is 0 Å². The molecule has 30 heavy (non-hydrogen) atoms. The van der Waals surface area contributed by atoms with E-state index in [2.05, 4.69) is 42.2 Å². The Morgan fingerprint density at radius 2 is 1.80 bits per heavy atom. The van der Waals surface area contributed by atoms with Gasteiger partial charge in [-0.3, -0.25) is 14.3 Å². The zero-order chi connectivity index (χ0) is 20.5. The minimum Gasteiger partial charge on any atom is -0.294 e. The van der Waals surface area contributed by atoms with Crippen molar-refractivity contribution in [1.29, 1.82) is 0 Å². The minimum absolute atomic E-state index is 0.0659. The van der Waals surface area contributed by atoms with Gasteiger partial charge in [0.05, 0.1) is 11.1 Å². The molecule has 0 fully saturated rings. The second kappa shape index (κ2) is 8.38. The molecule has 0 atom stereocenters. The van der Waals surface area contributed by atoms with Crippen LogP contribution in [0.1, 0.15) is 22.9 Å². The second-order valence-corrected chi connectivity index (χ2v) is 9.75. The maximum absolute atomic E-state index is 13.6. The van der Waals surface area contributed by atoms with Gasteiger partial charge in [0, 0.05) is 24.5 Å². The van der Waals surface area contributed by atoms with Crippen LogP contribution in [0, 0.1) is 0 Å². The molecule has 5 rings (SSSR count). The van der Waals surface area contributed by atoms with Crippen LogP contribution >= 0.6 is 23.1 Å². The summed E-state index contributed by atoms with van der Waals surface area (Å²) in [6.45, 7) is 4.88. The average molecular weight is 434 g/mol. The Hall–Kier alpha value is -2.41. The van der Waals surface area contributed by atoms with Crippen molar-refractivity contribution in [2.24, 2.45) is 0 Å². The Bertz CT molecular complexity index is 1230. The first-order chi connectivity index (χ1) is 14.7. The van der Waals surface area contributed by atoms with Crippen LogP contribution in [0.2, 0.25) is 0 Å². The van der Waals surface area contributed by atoms with Gasteiger partial charge >= 0.3 is 0 Å². The van der Waals surface area contributed by atoms with E-state index < -0.39 is 0 Å². The van der Waals surface area contributed by atoms with Crippen LogP contribution in [0.5, 0.6) is 0 Å². The van der Waals surface area contributed by atoms with Gasteiger partial charge in [0.15, 0.2) is 5.16 Å². The molecule has 152 valence electrons. The average Bonchev–Trinajstić information content (AvgIpc) is 3.13. The third-order valence-corrected chi connectivity index (χ3v) is 7.39. The molecule has 0 saturated heterocycles. The van der Waals surface area contributed by atoms with Gasteiger partial charge in [0.25, 0.3) is 5.56 Å². The van der Waals surface area contributed by atoms with Crippen molar-refractivity contribution in [2.45, 2.75) is 31.6 Å². The van der Waals surface area contributed by atoms with E-state index >= 15 is 0 Å². The van der Waals surface area contributed by atoms with E-state index in [1.54, 1.807) is 27.7 Å². The van der Waals surface area contributed by atoms with Crippen molar-refractivity contribution in [1.82, 2.24) is 14.5 Å². The largest absolute Gasteiger partial charge is 0.294 e. The minimum atomic E-state index is 0.0659. The number of rotatable bonds is 5. The molecular formula is C24H23N3OS2. The Morgan fingerprint density at radius 3 is 2.53 bits per heavy atom. The van der Waals surface area contributed by atoms with E-state index in [0.29, 0.717) is 0 Å². The lowest BCUT2D eigenvalue weighted by Gasteiger charge is -2.26. The molecule has 4 nitrogen and oxygen atoms in total. The van der Waals surface area contributed by atoms with E-state index in [1.165, 1.54) is 16.0 Å². The fourth-order valence-corrected chi connectivity index (χ4v) is 6.13. The molecule has 0 spiro atoms. The predicted molar refractivity (Wildman–Crippen MR) is 126 cm³/mol. The molecule has 0 radical (unpaired) electrons. The number of fused-ring (bicyclic) bond motifs is 3. The molecule has 0 amide bonds. The third kappa shape index (κ3) is 3.60. The van der Waals surface area contributed by atoms with E-state index in [0.717, 1.165) is 52.9 Å². The molecule has 4 aromatic rings. The van der Waals surface area contributed by atoms with Crippen LogP contribution in [0.3, 0.4) is 0 Å². The number of benzene rings is 2. The molecule has 0 N–H and O–H groups in total. The molecule has 0 bridgehead atoms. The highest BCUT2D eigenvalue weighted by Crippen LogP contribution is 2.34. The zero-order valence-corrected chi connectivity index (χ0v) is 18.5. The molecule has 3 heterocycles. The van der Waals surface area contributed by atoms with E-state index in [9.17, 15) is 4.79 Å². The van der Waals surface area contributed by atoms with Crippen molar-refractivity contribution in [3.8, 4) is 5.69 Å². The number of hydrogen-bond donors (Lipinski definition) is 0. The van der Waals surface area contributed by atoms with Crippen LogP contribution in [-0.4, -0.2) is 26.7 Å². The fraction of sp³-hybridized carbons (Fsp3) is 0.250. The van der Waals surface area contributed by atoms with Crippen molar-refractivity contribution in [3.63, 3.8) is 0 Å². The van der Waals surface area contributed by atoms with Gasteiger partial charge in [-0.05, 0) is 35.4 Å². The smallest absolute Gasteiger partial charge is 0.267 e. The lowest BCUT2D eigenvalue weighted by atomic mass is 10.0. The van der Waals surface area contributed by atoms with Gasteiger partial charge in [0.1, 0.15) is 4.83 Å². The molecule has 2 aromatic heterocycles. The summed E-state index contributed by atoms with van der Waals surface area (Å²) >= 11 is 3.31. The van der Waals surface area contributed by atoms with Crippen molar-refractivity contribution in [3.05, 3.63) is 87.0 Å². The highest BCUT2D eigenvalue weighted by Gasteiger charge is 2.25. The lowest BCUT2D eigenvalue weighted by molar-refractivity contribution is 0.249. The molecule has 0 unspecified atom stereocenters. The monoisotopic (exact) mass is 433 g/mol. The van der Waals surface area contributed by atoms with E-state index in [1.807, 2.05) is 30.3 Å². The number of nitrogens with zero attached hydrogens (tertiary/aromatic N) is 3. The maximum atomic E-state index is 13.6. The van der Waals surface area contributed by atoms with Gasteiger partial charge in [0.2, 0.25) is 0 Å². The van der Waals surface area contributed by atoms with Gasteiger partial charge in [-0.25, -0.2) is 4.98 Å². The van der Waals surface area contributed by atoms with Crippen LogP contribution in [0.15, 0.2) is 70.6 Å². The number of thioether (sulfide) groups is 1. The standard InChI is InChI=1S/C24H23N3OS2/c1-2-29-24-25-22-21(23(28)27(24)18-11-7-4-8-12-18)19-13-14-26(16-20(19)30-22)15-17-9-5-3-6-10-17/h3-12H,2,13-16H2,1H3.